The van der Waals surface area contributed by atoms with Gasteiger partial charge in [0.25, 0.3) is 0 Å². The number of esters is 2. The fourth-order valence-electron chi connectivity index (χ4n) is 6.56. The number of hydrogen-bond acceptors (Lipinski definition) is 10. The molecule has 0 radical (unpaired) electrons. The van der Waals surface area contributed by atoms with Crippen molar-refractivity contribution in [3.63, 3.8) is 0 Å². The number of amides is 5. The summed E-state index contributed by atoms with van der Waals surface area (Å²) >= 11 is 0. The van der Waals surface area contributed by atoms with Crippen molar-refractivity contribution in [1.82, 2.24) is 32.1 Å². The molecule has 0 unspecified atom stereocenters. The Morgan fingerprint density at radius 2 is 1.24 bits per heavy atom. The van der Waals surface area contributed by atoms with E-state index in [0.29, 0.717) is 57.5 Å². The highest BCUT2D eigenvalue weighted by Gasteiger charge is 2.33. The molecule has 3 fully saturated rings. The fourth-order valence-corrected chi connectivity index (χ4v) is 6.56. The highest BCUT2D eigenvalue weighted by Crippen LogP contribution is 2.30. The summed E-state index contributed by atoms with van der Waals surface area (Å²) in [6, 6.07) is -0.828. The Balaban J connectivity index is 0.000000412. The number of rotatable bonds is 15. The summed E-state index contributed by atoms with van der Waals surface area (Å²) in [7, 11) is 1.66. The molecule has 0 spiro atoms. The predicted octanol–water partition coefficient (Wildman–Crippen LogP) is 1.78. The lowest BCUT2D eigenvalue weighted by Crippen LogP contribution is -2.51. The molecule has 3 aliphatic rings. The Hall–Kier alpha value is -3.75. The van der Waals surface area contributed by atoms with E-state index in [2.05, 4.69) is 32.1 Å². The molecule has 0 saturated heterocycles. The maximum absolute atomic E-state index is 12.5. The number of carbonyl (C=O) groups is 7. The first kappa shape index (κ1) is 41.4. The van der Waals surface area contributed by atoms with Crippen LogP contribution in [0.5, 0.6) is 0 Å². The van der Waals surface area contributed by atoms with E-state index in [-0.39, 0.29) is 71.7 Å². The molecule has 6 N–H and O–H groups in total. The van der Waals surface area contributed by atoms with E-state index >= 15 is 0 Å². The van der Waals surface area contributed by atoms with Crippen molar-refractivity contribution >= 4 is 42.0 Å². The predicted molar refractivity (Wildman–Crippen MR) is 180 cm³/mol. The molecular formula is C34H58N6O9. The number of nitrogens with one attached hydrogen (secondary N) is 6. The average Bonchev–Trinajstić information content (AvgIpc) is 3.75. The van der Waals surface area contributed by atoms with Gasteiger partial charge in [0.05, 0.1) is 6.04 Å². The molecule has 3 saturated carbocycles. The maximum Gasteiger partial charge on any atom is 0.329 e. The van der Waals surface area contributed by atoms with Gasteiger partial charge in [0.15, 0.2) is 0 Å². The quantitative estimate of drug-likeness (QED) is 0.0831. The van der Waals surface area contributed by atoms with E-state index in [1.165, 1.54) is 13.8 Å². The molecule has 0 aromatic heterocycles. The van der Waals surface area contributed by atoms with Crippen LogP contribution in [0.15, 0.2) is 0 Å². The van der Waals surface area contributed by atoms with Crippen molar-refractivity contribution in [3.8, 4) is 0 Å². The molecule has 0 aromatic rings. The molecular weight excluding hydrogens is 636 g/mol. The summed E-state index contributed by atoms with van der Waals surface area (Å²) in [5.41, 5.74) is 5.51. The molecule has 0 heterocycles. The second-order valence-electron chi connectivity index (χ2n) is 13.3. The molecule has 278 valence electrons. The summed E-state index contributed by atoms with van der Waals surface area (Å²) in [5.74, 6) is -0.493. The number of aldehydes is 1. The highest BCUT2D eigenvalue weighted by atomic mass is 16.5. The summed E-state index contributed by atoms with van der Waals surface area (Å²) < 4.78 is 10.3. The second-order valence-corrected chi connectivity index (χ2v) is 13.3. The summed E-state index contributed by atoms with van der Waals surface area (Å²) in [6.07, 6.45) is 9.24. The topological polar surface area (TPSA) is 210 Å². The first-order valence-electron chi connectivity index (χ1n) is 17.8. The zero-order chi connectivity index (χ0) is 36.3. The second kappa shape index (κ2) is 22.1. The lowest BCUT2D eigenvalue weighted by atomic mass is 9.81. The van der Waals surface area contributed by atoms with Gasteiger partial charge in [-0.1, -0.05) is 13.8 Å². The van der Waals surface area contributed by atoms with Crippen molar-refractivity contribution in [2.45, 2.75) is 129 Å². The van der Waals surface area contributed by atoms with Crippen molar-refractivity contribution in [3.05, 3.63) is 0 Å². The van der Waals surface area contributed by atoms with E-state index in [1.807, 2.05) is 13.8 Å². The Kier molecular flexibility index (Phi) is 18.7. The van der Waals surface area contributed by atoms with Crippen LogP contribution in [0.25, 0.3) is 0 Å². The monoisotopic (exact) mass is 694 g/mol. The summed E-state index contributed by atoms with van der Waals surface area (Å²) in [4.78, 5) is 80.5. The number of ether oxygens (including phenoxy) is 2. The van der Waals surface area contributed by atoms with Gasteiger partial charge in [-0.05, 0) is 83.0 Å². The number of hydrazine groups is 1. The molecule has 0 aliphatic heterocycles. The van der Waals surface area contributed by atoms with E-state index in [4.69, 9.17) is 9.47 Å². The zero-order valence-corrected chi connectivity index (χ0v) is 29.8. The third-order valence-electron chi connectivity index (χ3n) is 9.51. The van der Waals surface area contributed by atoms with E-state index in [9.17, 15) is 33.6 Å². The molecule has 5 amide bonds. The lowest BCUT2D eigenvalue weighted by Gasteiger charge is -2.27. The van der Waals surface area contributed by atoms with Crippen LogP contribution >= 0.6 is 0 Å². The highest BCUT2D eigenvalue weighted by molar-refractivity contribution is 5.82. The SMILES string of the molecule is CC[C@@H](C=O)NC(=O)[C@H]1CC[C@H](OC(C)=O)C1.CC[C@@H](CNNC(=O)NCC1CCC(C(=O)NC)CC1)NC(=O)[C@H]1CC[C@H](OC(C)=O)C1. The molecule has 0 bridgehead atoms. The van der Waals surface area contributed by atoms with Gasteiger partial charge in [-0.2, -0.15) is 0 Å². The Morgan fingerprint density at radius 3 is 1.71 bits per heavy atom. The molecule has 15 nitrogen and oxygen atoms in total. The maximum atomic E-state index is 12.5. The minimum absolute atomic E-state index is 0.0369. The van der Waals surface area contributed by atoms with Gasteiger partial charge in [0, 0.05) is 57.8 Å². The third-order valence-corrected chi connectivity index (χ3v) is 9.51. The molecule has 3 aliphatic carbocycles. The third kappa shape index (κ3) is 15.6. The van der Waals surface area contributed by atoms with Gasteiger partial charge >= 0.3 is 18.0 Å². The molecule has 49 heavy (non-hydrogen) atoms. The van der Waals surface area contributed by atoms with Crippen LogP contribution in [-0.2, 0) is 38.2 Å². The fraction of sp³-hybridized carbons (Fsp3) is 0.794. The largest absolute Gasteiger partial charge is 0.463 e. The smallest absolute Gasteiger partial charge is 0.329 e. The van der Waals surface area contributed by atoms with Crippen LogP contribution in [0, 0.1) is 23.7 Å². The van der Waals surface area contributed by atoms with Crippen LogP contribution in [-0.4, -0.2) is 86.4 Å². The van der Waals surface area contributed by atoms with Crippen LogP contribution in [0.1, 0.15) is 105 Å². The van der Waals surface area contributed by atoms with Gasteiger partial charge in [-0.25, -0.2) is 10.2 Å². The Bertz CT molecular complexity index is 1110. The van der Waals surface area contributed by atoms with Crippen molar-refractivity contribution in [1.29, 1.82) is 0 Å². The van der Waals surface area contributed by atoms with Gasteiger partial charge in [-0.15, -0.1) is 0 Å². The number of urea groups is 1. The van der Waals surface area contributed by atoms with Crippen molar-refractivity contribution < 1.29 is 43.0 Å². The minimum atomic E-state index is -0.407. The van der Waals surface area contributed by atoms with E-state index < -0.39 is 6.04 Å². The molecule has 15 heteroatoms. The Morgan fingerprint density at radius 1 is 0.714 bits per heavy atom. The summed E-state index contributed by atoms with van der Waals surface area (Å²) in [6.45, 7) is 7.55. The molecule has 3 rings (SSSR count). The molecule has 0 aromatic carbocycles. The van der Waals surface area contributed by atoms with Crippen LogP contribution < -0.4 is 32.1 Å². The first-order chi connectivity index (χ1) is 23.4. The van der Waals surface area contributed by atoms with Gasteiger partial charge in [0.1, 0.15) is 18.5 Å². The zero-order valence-electron chi connectivity index (χ0n) is 29.8. The van der Waals surface area contributed by atoms with Crippen molar-refractivity contribution in [2.24, 2.45) is 23.7 Å². The van der Waals surface area contributed by atoms with Crippen LogP contribution in [0.3, 0.4) is 0 Å². The van der Waals surface area contributed by atoms with Crippen LogP contribution in [0.4, 0.5) is 4.79 Å². The number of hydrogen-bond donors (Lipinski definition) is 6. The first-order valence-corrected chi connectivity index (χ1v) is 17.8. The molecule has 6 atom stereocenters. The van der Waals surface area contributed by atoms with Gasteiger partial charge in [0.2, 0.25) is 17.7 Å². The van der Waals surface area contributed by atoms with Gasteiger partial charge in [-0.3, -0.25) is 29.4 Å². The normalized spacial score (nSPS) is 25.7. The van der Waals surface area contributed by atoms with Crippen molar-refractivity contribution in [2.75, 3.05) is 20.1 Å². The summed E-state index contributed by atoms with van der Waals surface area (Å²) in [5, 5.41) is 11.3. The van der Waals surface area contributed by atoms with Crippen LogP contribution in [0.2, 0.25) is 0 Å². The Labute approximate surface area is 289 Å². The standard InChI is InChI=1S/C22H39N5O5.C12H19NO4/c1-4-18(26-21(30)17-9-10-19(11-17)32-14(2)28)13-25-27-22(31)24-12-15-5-7-16(8-6-15)20(29)23-3;1-3-10(7-14)13-12(16)9-4-5-11(6-9)17-8(2)15/h15-19,25H,4-13H2,1-3H3,(H,23,29)(H,26,30)(H2,24,27,31);7,9-11H,3-6H2,1-2H3,(H,13,16)/t15?,16?,17-,18-,19-;9-,10-,11-/m00/s1. The minimum Gasteiger partial charge on any atom is -0.463 e. The number of carbonyl (C=O) groups excluding carboxylic acids is 7. The van der Waals surface area contributed by atoms with E-state index in [1.54, 1.807) is 7.05 Å². The van der Waals surface area contributed by atoms with E-state index in [0.717, 1.165) is 44.8 Å². The van der Waals surface area contributed by atoms with Gasteiger partial charge < -0.3 is 35.5 Å². The lowest BCUT2D eigenvalue weighted by molar-refractivity contribution is -0.147. The average molecular weight is 695 g/mol.